The molecule has 3 heterocycles. The Bertz CT molecular complexity index is 1020. The number of aromatic nitrogens is 3. The zero-order valence-corrected chi connectivity index (χ0v) is 16.9. The number of pyridine rings is 1. The lowest BCUT2D eigenvalue weighted by Gasteiger charge is -2.26. The van der Waals surface area contributed by atoms with E-state index in [2.05, 4.69) is 15.0 Å². The number of hydrogen-bond donors (Lipinski definition) is 1. The van der Waals surface area contributed by atoms with Crippen molar-refractivity contribution in [2.75, 3.05) is 6.79 Å². The van der Waals surface area contributed by atoms with Crippen molar-refractivity contribution >= 4 is 17.5 Å². The number of ether oxygens (including phenoxy) is 2. The van der Waals surface area contributed by atoms with Crippen molar-refractivity contribution in [2.45, 2.75) is 32.9 Å². The third-order valence-electron chi connectivity index (χ3n) is 4.72. The zero-order chi connectivity index (χ0) is 20.4. The van der Waals surface area contributed by atoms with Gasteiger partial charge in [-0.2, -0.15) is 0 Å². The fourth-order valence-electron chi connectivity index (χ4n) is 3.16. The van der Waals surface area contributed by atoms with E-state index < -0.39 is 0 Å². The second-order valence-electron chi connectivity index (χ2n) is 7.09. The molecule has 0 unspecified atom stereocenters. The van der Waals surface area contributed by atoms with Crippen LogP contribution in [0.5, 0.6) is 11.5 Å². The molecule has 0 bridgehead atoms. The zero-order valence-electron chi connectivity index (χ0n) is 16.2. The molecule has 0 spiro atoms. The van der Waals surface area contributed by atoms with Crippen molar-refractivity contribution in [2.24, 2.45) is 0 Å². The number of aromatic amines is 1. The third-order valence-corrected chi connectivity index (χ3v) is 4.94. The average Bonchev–Trinajstić information content (AvgIpc) is 3.36. The maximum absolute atomic E-state index is 12.8. The molecule has 1 aromatic carbocycles. The quantitative estimate of drug-likeness (QED) is 0.622. The summed E-state index contributed by atoms with van der Waals surface area (Å²) in [5.74, 6) is 2.18. The van der Waals surface area contributed by atoms with Gasteiger partial charge in [0, 0.05) is 17.8 Å². The van der Waals surface area contributed by atoms with E-state index >= 15 is 0 Å². The number of benzene rings is 1. The summed E-state index contributed by atoms with van der Waals surface area (Å²) in [6, 6.07) is 9.27. The van der Waals surface area contributed by atoms with Crippen LogP contribution in [-0.2, 0) is 17.8 Å². The molecule has 1 aliphatic heterocycles. The highest BCUT2D eigenvalue weighted by molar-refractivity contribution is 6.29. The molecule has 4 rings (SSSR count). The number of hydrogen-bond acceptors (Lipinski definition) is 5. The van der Waals surface area contributed by atoms with Crippen LogP contribution in [0.15, 0.2) is 42.7 Å². The molecule has 1 aliphatic rings. The fraction of sp³-hybridized carbons (Fsp3) is 0.286. The maximum atomic E-state index is 12.8. The lowest BCUT2D eigenvalue weighted by atomic mass is 10.1. The van der Waals surface area contributed by atoms with Gasteiger partial charge in [-0.3, -0.25) is 4.79 Å². The van der Waals surface area contributed by atoms with Gasteiger partial charge in [0.1, 0.15) is 11.0 Å². The van der Waals surface area contributed by atoms with Gasteiger partial charge in [0.25, 0.3) is 0 Å². The van der Waals surface area contributed by atoms with Gasteiger partial charge in [0.15, 0.2) is 11.5 Å². The van der Waals surface area contributed by atoms with Gasteiger partial charge in [-0.15, -0.1) is 0 Å². The van der Waals surface area contributed by atoms with Crippen molar-refractivity contribution in [3.8, 4) is 22.8 Å². The number of fused-ring (bicyclic) bond motifs is 1. The minimum absolute atomic E-state index is 0.00477. The Hall–Kier alpha value is -3.06. The smallest absolute Gasteiger partial charge is 0.231 e. The van der Waals surface area contributed by atoms with Crippen LogP contribution in [0.25, 0.3) is 11.3 Å². The van der Waals surface area contributed by atoms with E-state index in [0.29, 0.717) is 23.3 Å². The first-order valence-corrected chi connectivity index (χ1v) is 9.71. The summed E-state index contributed by atoms with van der Waals surface area (Å²) in [7, 11) is 0. The van der Waals surface area contributed by atoms with E-state index in [0.717, 1.165) is 22.6 Å². The topological polar surface area (TPSA) is 80.3 Å². The number of carbonyl (C=O) groups excluding carboxylic acids is 1. The molecule has 1 N–H and O–H groups in total. The van der Waals surface area contributed by atoms with Crippen molar-refractivity contribution in [3.05, 3.63) is 59.3 Å². The first-order valence-electron chi connectivity index (χ1n) is 9.33. The second-order valence-corrected chi connectivity index (χ2v) is 7.48. The molecular weight excluding hydrogens is 392 g/mol. The highest BCUT2D eigenvalue weighted by Crippen LogP contribution is 2.35. The number of imidazole rings is 1. The number of halogens is 1. The summed E-state index contributed by atoms with van der Waals surface area (Å²) in [4.78, 5) is 26.4. The summed E-state index contributed by atoms with van der Waals surface area (Å²) in [6.45, 7) is 4.60. The molecule has 29 heavy (non-hydrogen) atoms. The summed E-state index contributed by atoms with van der Waals surface area (Å²) in [6.07, 6.45) is 3.65. The predicted molar refractivity (Wildman–Crippen MR) is 109 cm³/mol. The van der Waals surface area contributed by atoms with Gasteiger partial charge in [-0.25, -0.2) is 9.97 Å². The lowest BCUT2D eigenvalue weighted by Crippen LogP contribution is -2.37. The first-order chi connectivity index (χ1) is 14.0. The van der Waals surface area contributed by atoms with Crippen LogP contribution in [0.3, 0.4) is 0 Å². The third kappa shape index (κ3) is 4.35. The summed E-state index contributed by atoms with van der Waals surface area (Å²) < 4.78 is 10.8. The van der Waals surface area contributed by atoms with Gasteiger partial charge in [-0.1, -0.05) is 17.7 Å². The molecule has 7 nitrogen and oxygen atoms in total. The van der Waals surface area contributed by atoms with E-state index in [1.165, 1.54) is 0 Å². The van der Waals surface area contributed by atoms with Crippen LogP contribution in [0.2, 0.25) is 5.15 Å². The highest BCUT2D eigenvalue weighted by Gasteiger charge is 2.20. The van der Waals surface area contributed by atoms with E-state index in [-0.39, 0.29) is 25.2 Å². The molecule has 1 amide bonds. The number of nitrogens with one attached hydrogen (secondary N) is 1. The van der Waals surface area contributed by atoms with Crippen molar-refractivity contribution in [3.63, 3.8) is 0 Å². The molecule has 0 atom stereocenters. The van der Waals surface area contributed by atoms with Gasteiger partial charge >= 0.3 is 0 Å². The van der Waals surface area contributed by atoms with E-state index in [9.17, 15) is 4.79 Å². The standard InChI is InChI=1S/C21H21ClN4O3/c1-13(2)26(21(27)7-14-3-6-19(22)23-9-14)11-20-24-10-16(25-20)15-4-5-17-18(8-15)29-12-28-17/h3-6,8-10,13H,7,11-12H2,1-2H3,(H,24,25). The number of nitrogens with zero attached hydrogens (tertiary/aromatic N) is 3. The summed E-state index contributed by atoms with van der Waals surface area (Å²) in [5, 5.41) is 0.411. The van der Waals surface area contributed by atoms with Crippen LogP contribution in [0.1, 0.15) is 25.2 Å². The molecule has 0 saturated heterocycles. The molecule has 2 aromatic heterocycles. The first kappa shape index (κ1) is 19.3. The Kier molecular flexibility index (Phi) is 5.40. The Morgan fingerprint density at radius 3 is 2.76 bits per heavy atom. The van der Waals surface area contributed by atoms with E-state index in [1.807, 2.05) is 38.1 Å². The fourth-order valence-corrected chi connectivity index (χ4v) is 3.27. The summed E-state index contributed by atoms with van der Waals surface area (Å²) in [5.41, 5.74) is 2.63. The number of H-pyrrole nitrogens is 1. The monoisotopic (exact) mass is 412 g/mol. The Morgan fingerprint density at radius 1 is 1.17 bits per heavy atom. The SMILES string of the molecule is CC(C)N(Cc1ncc(-c2ccc3c(c2)OCO3)[nH]1)C(=O)Cc1ccc(Cl)nc1. The minimum Gasteiger partial charge on any atom is -0.454 e. The van der Waals surface area contributed by atoms with Gasteiger partial charge in [0.05, 0.1) is 24.9 Å². The Labute approximate surface area is 173 Å². The molecular formula is C21H21ClN4O3. The molecule has 0 aliphatic carbocycles. The van der Waals surface area contributed by atoms with Gasteiger partial charge < -0.3 is 19.4 Å². The normalized spacial score (nSPS) is 12.4. The molecule has 8 heteroatoms. The minimum atomic E-state index is 0.00477. The van der Waals surface area contributed by atoms with Gasteiger partial charge in [-0.05, 0) is 43.7 Å². The predicted octanol–water partition coefficient (Wildman–Crippen LogP) is 3.83. The van der Waals surface area contributed by atoms with E-state index in [4.69, 9.17) is 21.1 Å². The number of amides is 1. The number of rotatable bonds is 6. The average molecular weight is 413 g/mol. The molecule has 0 saturated carbocycles. The van der Waals surface area contributed by atoms with Crippen molar-refractivity contribution in [1.29, 1.82) is 0 Å². The van der Waals surface area contributed by atoms with Crippen LogP contribution in [0.4, 0.5) is 0 Å². The number of carbonyl (C=O) groups is 1. The Balaban J connectivity index is 1.47. The van der Waals surface area contributed by atoms with Crippen LogP contribution in [0, 0.1) is 0 Å². The maximum Gasteiger partial charge on any atom is 0.231 e. The van der Waals surface area contributed by atoms with Crippen molar-refractivity contribution < 1.29 is 14.3 Å². The van der Waals surface area contributed by atoms with Crippen LogP contribution in [-0.4, -0.2) is 38.6 Å². The highest BCUT2D eigenvalue weighted by atomic mass is 35.5. The van der Waals surface area contributed by atoms with E-state index in [1.54, 1.807) is 23.4 Å². The second kappa shape index (κ2) is 8.13. The molecule has 0 fully saturated rings. The molecule has 0 radical (unpaired) electrons. The molecule has 150 valence electrons. The summed E-state index contributed by atoms with van der Waals surface area (Å²) >= 11 is 5.82. The van der Waals surface area contributed by atoms with Crippen LogP contribution < -0.4 is 9.47 Å². The largest absolute Gasteiger partial charge is 0.454 e. The van der Waals surface area contributed by atoms with Gasteiger partial charge in [0.2, 0.25) is 12.7 Å². The molecule has 3 aromatic rings. The lowest BCUT2D eigenvalue weighted by molar-refractivity contribution is -0.132. The van der Waals surface area contributed by atoms with Crippen molar-refractivity contribution in [1.82, 2.24) is 19.9 Å². The van der Waals surface area contributed by atoms with Crippen LogP contribution >= 0.6 is 11.6 Å². The Morgan fingerprint density at radius 2 is 2.00 bits per heavy atom.